The fraction of sp³-hybridized carbons (Fsp3) is 0.600. The van der Waals surface area contributed by atoms with Gasteiger partial charge < -0.3 is 14.5 Å². The fourth-order valence-corrected chi connectivity index (χ4v) is 3.68. The zero-order chi connectivity index (χ0) is 19.9. The molecule has 2 saturated heterocycles. The van der Waals surface area contributed by atoms with Gasteiger partial charge in [-0.2, -0.15) is 8.78 Å². The molecule has 3 rings (SSSR count). The number of carbonyl (C=O) groups excluding carboxylic acids is 2. The summed E-state index contributed by atoms with van der Waals surface area (Å²) in [6.07, 6.45) is 4.55. The SMILES string of the molecule is O=C(CN1CCN(C(=O)c2ccc(OC(F)F)cc2)CC1)N1CCCCCC1. The van der Waals surface area contributed by atoms with E-state index in [9.17, 15) is 18.4 Å². The standard InChI is InChI=1S/C20H27F2N3O3/c21-20(22)28-17-7-5-16(6-8-17)19(27)25-13-11-23(12-14-25)15-18(26)24-9-3-1-2-4-10-24/h5-8,20H,1-4,9-15H2. The average Bonchev–Trinajstić information content (AvgIpc) is 2.98. The zero-order valence-corrected chi connectivity index (χ0v) is 16.0. The lowest BCUT2D eigenvalue weighted by molar-refractivity contribution is -0.132. The first-order chi connectivity index (χ1) is 13.5. The van der Waals surface area contributed by atoms with Gasteiger partial charge in [0, 0.05) is 44.8 Å². The van der Waals surface area contributed by atoms with Crippen LogP contribution >= 0.6 is 0 Å². The van der Waals surface area contributed by atoms with Gasteiger partial charge in [-0.1, -0.05) is 12.8 Å². The van der Waals surface area contributed by atoms with E-state index in [1.807, 2.05) is 4.90 Å². The highest BCUT2D eigenvalue weighted by Gasteiger charge is 2.25. The van der Waals surface area contributed by atoms with Crippen LogP contribution in [0.5, 0.6) is 5.75 Å². The molecule has 2 heterocycles. The molecule has 154 valence electrons. The summed E-state index contributed by atoms with van der Waals surface area (Å²) in [5.74, 6) is 0.0711. The van der Waals surface area contributed by atoms with Gasteiger partial charge in [0.2, 0.25) is 5.91 Å². The number of amides is 2. The molecular weight excluding hydrogens is 368 g/mol. The maximum Gasteiger partial charge on any atom is 0.387 e. The first-order valence-electron chi connectivity index (χ1n) is 9.87. The fourth-order valence-electron chi connectivity index (χ4n) is 3.68. The molecule has 0 aliphatic carbocycles. The van der Waals surface area contributed by atoms with Crippen molar-refractivity contribution >= 4 is 11.8 Å². The van der Waals surface area contributed by atoms with Crippen LogP contribution in [-0.2, 0) is 4.79 Å². The number of hydrogen-bond donors (Lipinski definition) is 0. The van der Waals surface area contributed by atoms with Crippen LogP contribution in [0.25, 0.3) is 0 Å². The van der Waals surface area contributed by atoms with Crippen molar-refractivity contribution in [2.24, 2.45) is 0 Å². The summed E-state index contributed by atoms with van der Waals surface area (Å²) >= 11 is 0. The third-order valence-corrected chi connectivity index (χ3v) is 5.30. The van der Waals surface area contributed by atoms with Crippen molar-refractivity contribution < 1.29 is 23.1 Å². The molecule has 0 radical (unpaired) electrons. The average molecular weight is 395 g/mol. The number of nitrogens with zero attached hydrogens (tertiary/aromatic N) is 3. The Morgan fingerprint density at radius 3 is 2.04 bits per heavy atom. The Morgan fingerprint density at radius 1 is 0.857 bits per heavy atom. The number of halogens is 2. The lowest BCUT2D eigenvalue weighted by atomic mass is 10.1. The second-order valence-corrected chi connectivity index (χ2v) is 7.27. The van der Waals surface area contributed by atoms with Crippen LogP contribution < -0.4 is 4.74 Å². The summed E-state index contributed by atoms with van der Waals surface area (Å²) in [6, 6.07) is 5.73. The van der Waals surface area contributed by atoms with E-state index in [2.05, 4.69) is 9.64 Å². The topological polar surface area (TPSA) is 53.1 Å². The van der Waals surface area contributed by atoms with Crippen molar-refractivity contribution in [3.8, 4) is 5.75 Å². The quantitative estimate of drug-likeness (QED) is 0.769. The molecule has 0 saturated carbocycles. The predicted molar refractivity (Wildman–Crippen MR) is 100 cm³/mol. The molecule has 0 aromatic heterocycles. The lowest BCUT2D eigenvalue weighted by Gasteiger charge is -2.35. The Labute approximate surface area is 164 Å². The Bertz CT molecular complexity index is 653. The third-order valence-electron chi connectivity index (χ3n) is 5.30. The molecule has 2 aliphatic heterocycles. The number of benzene rings is 1. The lowest BCUT2D eigenvalue weighted by Crippen LogP contribution is -2.51. The maximum atomic E-state index is 12.6. The van der Waals surface area contributed by atoms with Gasteiger partial charge in [-0.25, -0.2) is 0 Å². The van der Waals surface area contributed by atoms with Gasteiger partial charge >= 0.3 is 6.61 Å². The van der Waals surface area contributed by atoms with Crippen molar-refractivity contribution in [3.63, 3.8) is 0 Å². The van der Waals surface area contributed by atoms with Gasteiger partial charge in [-0.15, -0.1) is 0 Å². The van der Waals surface area contributed by atoms with Crippen molar-refractivity contribution in [1.82, 2.24) is 14.7 Å². The summed E-state index contributed by atoms with van der Waals surface area (Å²) in [5.41, 5.74) is 0.440. The Balaban J connectivity index is 1.46. The predicted octanol–water partition coefficient (Wildman–Crippen LogP) is 2.45. The summed E-state index contributed by atoms with van der Waals surface area (Å²) in [5, 5.41) is 0. The van der Waals surface area contributed by atoms with Crippen LogP contribution in [0.3, 0.4) is 0 Å². The molecule has 1 aromatic rings. The third kappa shape index (κ3) is 5.64. The van der Waals surface area contributed by atoms with Crippen LogP contribution in [0.4, 0.5) is 8.78 Å². The highest BCUT2D eigenvalue weighted by atomic mass is 19.3. The van der Waals surface area contributed by atoms with E-state index in [0.717, 1.165) is 25.9 Å². The van der Waals surface area contributed by atoms with E-state index in [-0.39, 0.29) is 17.6 Å². The first-order valence-corrected chi connectivity index (χ1v) is 9.87. The van der Waals surface area contributed by atoms with Gasteiger partial charge in [-0.05, 0) is 37.1 Å². The number of piperazine rings is 1. The maximum absolute atomic E-state index is 12.6. The second kappa shape index (κ2) is 9.82. The first kappa shape index (κ1) is 20.5. The molecule has 8 heteroatoms. The molecule has 0 atom stereocenters. The normalized spacial score (nSPS) is 18.8. The molecule has 6 nitrogen and oxygen atoms in total. The van der Waals surface area contributed by atoms with Crippen LogP contribution in [0, 0.1) is 0 Å². The van der Waals surface area contributed by atoms with Gasteiger partial charge in [-0.3, -0.25) is 14.5 Å². The van der Waals surface area contributed by atoms with Gasteiger partial charge in [0.05, 0.1) is 6.54 Å². The van der Waals surface area contributed by atoms with E-state index in [4.69, 9.17) is 0 Å². The van der Waals surface area contributed by atoms with E-state index in [0.29, 0.717) is 38.3 Å². The highest BCUT2D eigenvalue weighted by Crippen LogP contribution is 2.17. The molecule has 0 N–H and O–H groups in total. The molecule has 0 unspecified atom stereocenters. The van der Waals surface area contributed by atoms with Crippen molar-refractivity contribution in [3.05, 3.63) is 29.8 Å². The summed E-state index contributed by atoms with van der Waals surface area (Å²) in [7, 11) is 0. The molecule has 0 spiro atoms. The van der Waals surface area contributed by atoms with E-state index < -0.39 is 6.61 Å². The number of likely N-dealkylation sites (tertiary alicyclic amines) is 1. The Hall–Kier alpha value is -2.22. The number of alkyl halides is 2. The van der Waals surface area contributed by atoms with Crippen LogP contribution in [-0.4, -0.2) is 78.9 Å². The molecule has 2 aliphatic rings. The zero-order valence-electron chi connectivity index (χ0n) is 16.0. The number of ether oxygens (including phenoxy) is 1. The van der Waals surface area contributed by atoms with Gasteiger partial charge in [0.1, 0.15) is 5.75 Å². The van der Waals surface area contributed by atoms with Crippen LogP contribution in [0.2, 0.25) is 0 Å². The van der Waals surface area contributed by atoms with E-state index in [1.54, 1.807) is 4.90 Å². The Morgan fingerprint density at radius 2 is 1.46 bits per heavy atom. The molecular formula is C20H27F2N3O3. The molecule has 2 amide bonds. The number of carbonyl (C=O) groups is 2. The molecule has 1 aromatic carbocycles. The van der Waals surface area contributed by atoms with E-state index >= 15 is 0 Å². The summed E-state index contributed by atoms with van der Waals surface area (Å²) in [4.78, 5) is 30.9. The number of rotatable bonds is 5. The Kier molecular flexibility index (Phi) is 7.19. The minimum absolute atomic E-state index is 0.0309. The molecule has 2 fully saturated rings. The van der Waals surface area contributed by atoms with E-state index in [1.165, 1.54) is 37.1 Å². The minimum Gasteiger partial charge on any atom is -0.435 e. The smallest absolute Gasteiger partial charge is 0.387 e. The largest absolute Gasteiger partial charge is 0.435 e. The van der Waals surface area contributed by atoms with Crippen LogP contribution in [0.1, 0.15) is 36.0 Å². The van der Waals surface area contributed by atoms with Gasteiger partial charge in [0.25, 0.3) is 5.91 Å². The van der Waals surface area contributed by atoms with Gasteiger partial charge in [0.15, 0.2) is 0 Å². The molecule has 0 bridgehead atoms. The van der Waals surface area contributed by atoms with Crippen molar-refractivity contribution in [1.29, 1.82) is 0 Å². The summed E-state index contributed by atoms with van der Waals surface area (Å²) < 4.78 is 28.7. The second-order valence-electron chi connectivity index (χ2n) is 7.27. The molecule has 28 heavy (non-hydrogen) atoms. The summed E-state index contributed by atoms with van der Waals surface area (Å²) in [6.45, 7) is 1.61. The minimum atomic E-state index is -2.88. The van der Waals surface area contributed by atoms with Crippen LogP contribution in [0.15, 0.2) is 24.3 Å². The number of hydrogen-bond acceptors (Lipinski definition) is 4. The van der Waals surface area contributed by atoms with Crippen molar-refractivity contribution in [2.75, 3.05) is 45.8 Å². The monoisotopic (exact) mass is 395 g/mol. The van der Waals surface area contributed by atoms with Crippen molar-refractivity contribution in [2.45, 2.75) is 32.3 Å². The highest BCUT2D eigenvalue weighted by molar-refractivity contribution is 5.94.